The number of aryl methyl sites for hydroxylation is 1. The highest BCUT2D eigenvalue weighted by Crippen LogP contribution is 2.25. The van der Waals surface area contributed by atoms with E-state index in [9.17, 15) is 9.18 Å². The van der Waals surface area contributed by atoms with E-state index in [4.69, 9.17) is 0 Å². The number of nitrogens with zero attached hydrogens (tertiary/aromatic N) is 2. The molecule has 0 fully saturated rings. The maximum atomic E-state index is 13.6. The number of fused-ring (bicyclic) bond motifs is 1. The van der Waals surface area contributed by atoms with Crippen molar-refractivity contribution < 1.29 is 9.18 Å². The van der Waals surface area contributed by atoms with Crippen molar-refractivity contribution in [1.29, 1.82) is 0 Å². The van der Waals surface area contributed by atoms with Gasteiger partial charge in [-0.15, -0.1) is 0 Å². The quantitative estimate of drug-likeness (QED) is 0.794. The van der Waals surface area contributed by atoms with E-state index < -0.39 is 0 Å². The lowest BCUT2D eigenvalue weighted by Crippen LogP contribution is -2.31. The Balaban J connectivity index is 1.84. The second-order valence-corrected chi connectivity index (χ2v) is 6.06. The summed E-state index contributed by atoms with van der Waals surface area (Å²) in [5.41, 5.74) is 3.63. The monoisotopic (exact) mass is 325 g/mol. The van der Waals surface area contributed by atoms with Crippen molar-refractivity contribution >= 4 is 16.8 Å². The number of amides is 1. The Kier molecular flexibility index (Phi) is 4.34. The third kappa shape index (κ3) is 3.02. The molecule has 1 amide bonds. The summed E-state index contributed by atoms with van der Waals surface area (Å²) >= 11 is 0. The van der Waals surface area contributed by atoms with Crippen molar-refractivity contribution in [2.45, 2.75) is 26.3 Å². The number of hydrogen-bond acceptors (Lipinski definition) is 2. The van der Waals surface area contributed by atoms with Crippen LogP contribution in [0.15, 0.2) is 42.7 Å². The molecule has 4 nitrogen and oxygen atoms in total. The van der Waals surface area contributed by atoms with Crippen LogP contribution >= 0.6 is 0 Å². The van der Waals surface area contributed by atoms with E-state index in [1.54, 1.807) is 30.4 Å². The molecule has 0 saturated heterocycles. The summed E-state index contributed by atoms with van der Waals surface area (Å²) in [5.74, 6) is -0.304. The van der Waals surface area contributed by atoms with Crippen LogP contribution in [-0.2, 0) is 11.2 Å². The molecule has 24 heavy (non-hydrogen) atoms. The molecule has 124 valence electrons. The van der Waals surface area contributed by atoms with Gasteiger partial charge in [0.15, 0.2) is 0 Å². The van der Waals surface area contributed by atoms with Gasteiger partial charge in [0, 0.05) is 36.0 Å². The number of carbonyl (C=O) groups is 1. The summed E-state index contributed by atoms with van der Waals surface area (Å²) in [6.45, 7) is 3.89. The predicted octanol–water partition coefficient (Wildman–Crippen LogP) is 3.77. The van der Waals surface area contributed by atoms with E-state index in [1.807, 2.05) is 26.0 Å². The number of likely N-dealkylation sites (N-methyl/N-ethyl adjacent to an activating group) is 1. The van der Waals surface area contributed by atoms with Gasteiger partial charge in [-0.25, -0.2) is 4.39 Å². The van der Waals surface area contributed by atoms with Crippen LogP contribution in [0.3, 0.4) is 0 Å². The van der Waals surface area contributed by atoms with Crippen molar-refractivity contribution in [3.63, 3.8) is 0 Å². The van der Waals surface area contributed by atoms with E-state index in [0.717, 1.165) is 27.7 Å². The molecule has 3 rings (SSSR count). The molecule has 5 heteroatoms. The summed E-state index contributed by atoms with van der Waals surface area (Å²) in [6, 6.07) is 8.36. The van der Waals surface area contributed by atoms with Crippen molar-refractivity contribution in [1.82, 2.24) is 14.9 Å². The van der Waals surface area contributed by atoms with Gasteiger partial charge in [-0.2, -0.15) is 0 Å². The number of carbonyl (C=O) groups excluding carboxylic acids is 1. The van der Waals surface area contributed by atoms with Crippen LogP contribution in [0, 0.1) is 12.7 Å². The molecule has 1 unspecified atom stereocenters. The highest BCUT2D eigenvalue weighted by Gasteiger charge is 2.20. The van der Waals surface area contributed by atoms with Gasteiger partial charge in [0.2, 0.25) is 5.91 Å². The Bertz CT molecular complexity index is 873. The number of rotatable bonds is 4. The van der Waals surface area contributed by atoms with E-state index in [-0.39, 0.29) is 24.2 Å². The number of hydrogen-bond donors (Lipinski definition) is 1. The van der Waals surface area contributed by atoms with Gasteiger partial charge in [0.05, 0.1) is 12.5 Å². The van der Waals surface area contributed by atoms with Crippen molar-refractivity contribution in [3.05, 3.63) is 65.4 Å². The van der Waals surface area contributed by atoms with Crippen LogP contribution in [-0.4, -0.2) is 27.8 Å². The first kappa shape index (κ1) is 16.2. The van der Waals surface area contributed by atoms with Crippen LogP contribution in [0.1, 0.15) is 29.8 Å². The lowest BCUT2D eigenvalue weighted by Gasteiger charge is -2.25. The smallest absolute Gasteiger partial charge is 0.227 e. The lowest BCUT2D eigenvalue weighted by molar-refractivity contribution is -0.131. The van der Waals surface area contributed by atoms with E-state index >= 15 is 0 Å². The van der Waals surface area contributed by atoms with E-state index in [1.165, 1.54) is 12.1 Å². The molecule has 2 heterocycles. The Morgan fingerprint density at radius 2 is 2.00 bits per heavy atom. The molecular formula is C19H20FN3O. The average Bonchev–Trinajstić information content (AvgIpc) is 2.89. The Morgan fingerprint density at radius 3 is 2.71 bits per heavy atom. The number of H-pyrrole nitrogens is 1. The molecule has 0 aliphatic carbocycles. The molecule has 0 spiro atoms. The van der Waals surface area contributed by atoms with Crippen LogP contribution in [0.5, 0.6) is 0 Å². The van der Waals surface area contributed by atoms with Crippen molar-refractivity contribution in [3.8, 4) is 0 Å². The number of aromatic amines is 1. The minimum absolute atomic E-state index is 0.00688. The molecule has 0 aliphatic heterocycles. The predicted molar refractivity (Wildman–Crippen MR) is 92.1 cm³/mol. The lowest BCUT2D eigenvalue weighted by atomic mass is 10.0. The number of pyridine rings is 1. The van der Waals surface area contributed by atoms with Gasteiger partial charge in [0.1, 0.15) is 5.82 Å². The summed E-state index contributed by atoms with van der Waals surface area (Å²) in [7, 11) is 1.79. The maximum Gasteiger partial charge on any atom is 0.227 e. The van der Waals surface area contributed by atoms with Gasteiger partial charge in [0.25, 0.3) is 0 Å². The van der Waals surface area contributed by atoms with Crippen LogP contribution in [0.2, 0.25) is 0 Å². The summed E-state index contributed by atoms with van der Waals surface area (Å²) in [5, 5.41) is 0.769. The minimum atomic E-state index is -0.297. The average molecular weight is 325 g/mol. The van der Waals surface area contributed by atoms with Gasteiger partial charge >= 0.3 is 0 Å². The molecule has 0 aliphatic rings. The number of halogens is 1. The second kappa shape index (κ2) is 6.43. The SMILES string of the molecule is Cc1[nH]c2ccc(F)cc2c1CC(=O)N(C)C(C)c1ccncc1. The molecule has 2 aromatic heterocycles. The number of aromatic nitrogens is 2. The third-order valence-corrected chi connectivity index (χ3v) is 4.57. The van der Waals surface area contributed by atoms with Crippen LogP contribution in [0.4, 0.5) is 4.39 Å². The first-order chi connectivity index (χ1) is 11.5. The maximum absolute atomic E-state index is 13.6. The second-order valence-electron chi connectivity index (χ2n) is 6.06. The van der Waals surface area contributed by atoms with Gasteiger partial charge < -0.3 is 9.88 Å². The molecule has 3 aromatic rings. The molecule has 1 aromatic carbocycles. The fraction of sp³-hybridized carbons (Fsp3) is 0.263. The standard InChI is InChI=1S/C19H20FN3O/c1-12-16(17-10-15(20)4-5-18(17)22-12)11-19(24)23(3)13(2)14-6-8-21-9-7-14/h4-10,13,22H,11H2,1-3H3. The zero-order chi connectivity index (χ0) is 17.3. The zero-order valence-electron chi connectivity index (χ0n) is 14.0. The molecule has 1 atom stereocenters. The molecule has 0 bridgehead atoms. The molecule has 0 radical (unpaired) electrons. The molecule has 0 saturated carbocycles. The van der Waals surface area contributed by atoms with E-state index in [0.29, 0.717) is 0 Å². The summed E-state index contributed by atoms with van der Waals surface area (Å²) in [6.07, 6.45) is 3.68. The largest absolute Gasteiger partial charge is 0.358 e. The first-order valence-corrected chi connectivity index (χ1v) is 7.89. The van der Waals surface area contributed by atoms with Crippen LogP contribution in [0.25, 0.3) is 10.9 Å². The Labute approximate surface area is 140 Å². The van der Waals surface area contributed by atoms with Gasteiger partial charge in [-0.1, -0.05) is 0 Å². The number of benzene rings is 1. The highest BCUT2D eigenvalue weighted by molar-refractivity contribution is 5.90. The zero-order valence-corrected chi connectivity index (χ0v) is 14.0. The van der Waals surface area contributed by atoms with Gasteiger partial charge in [-0.3, -0.25) is 9.78 Å². The summed E-state index contributed by atoms with van der Waals surface area (Å²) in [4.78, 5) is 21.6. The van der Waals surface area contributed by atoms with Crippen molar-refractivity contribution in [2.24, 2.45) is 0 Å². The summed E-state index contributed by atoms with van der Waals surface area (Å²) < 4.78 is 13.6. The van der Waals surface area contributed by atoms with Crippen LogP contribution < -0.4 is 0 Å². The minimum Gasteiger partial charge on any atom is -0.358 e. The molecule has 1 N–H and O–H groups in total. The molecular weight excluding hydrogens is 305 g/mol. The van der Waals surface area contributed by atoms with Gasteiger partial charge in [-0.05, 0) is 55.3 Å². The fourth-order valence-electron chi connectivity index (χ4n) is 2.94. The topological polar surface area (TPSA) is 49.0 Å². The third-order valence-electron chi connectivity index (χ3n) is 4.57. The first-order valence-electron chi connectivity index (χ1n) is 7.89. The fourth-order valence-corrected chi connectivity index (χ4v) is 2.94. The number of nitrogens with one attached hydrogen (secondary N) is 1. The normalized spacial score (nSPS) is 12.3. The Morgan fingerprint density at radius 1 is 1.29 bits per heavy atom. The van der Waals surface area contributed by atoms with Crippen molar-refractivity contribution in [2.75, 3.05) is 7.05 Å². The van der Waals surface area contributed by atoms with E-state index in [2.05, 4.69) is 9.97 Å². The highest BCUT2D eigenvalue weighted by atomic mass is 19.1. The Hall–Kier alpha value is -2.69.